The third-order valence-electron chi connectivity index (χ3n) is 3.09. The van der Waals surface area contributed by atoms with Crippen LogP contribution < -0.4 is 4.90 Å². The van der Waals surface area contributed by atoms with Crippen LogP contribution in [0, 0.1) is 5.82 Å². The molecule has 2 rings (SSSR count). The average molecular weight is 249 g/mol. The summed E-state index contributed by atoms with van der Waals surface area (Å²) < 4.78 is 18.7. The third kappa shape index (κ3) is 2.23. The number of carbonyl (C=O) groups is 1. The van der Waals surface area contributed by atoms with Gasteiger partial charge < -0.3 is 9.64 Å². The first-order chi connectivity index (χ1) is 8.65. The van der Waals surface area contributed by atoms with E-state index in [1.807, 2.05) is 11.8 Å². The van der Waals surface area contributed by atoms with E-state index in [0.29, 0.717) is 30.8 Å². The van der Waals surface area contributed by atoms with Crippen molar-refractivity contribution in [3.63, 3.8) is 0 Å². The normalized spacial score (nSPS) is 15.2. The quantitative estimate of drug-likeness (QED) is 0.771. The Hall–Kier alpha value is -1.84. The minimum absolute atomic E-state index is 0.276. The molecule has 4 heteroatoms. The predicted octanol–water partition coefficient (Wildman–Crippen LogP) is 2.87. The summed E-state index contributed by atoms with van der Waals surface area (Å²) in [6.45, 7) is 4.57. The van der Waals surface area contributed by atoms with E-state index < -0.39 is 0 Å². The molecule has 0 radical (unpaired) electrons. The van der Waals surface area contributed by atoms with Crippen LogP contribution in [0.2, 0.25) is 0 Å². The second-order valence-electron chi connectivity index (χ2n) is 4.14. The Kier molecular flexibility index (Phi) is 3.65. The first-order valence-corrected chi connectivity index (χ1v) is 6.04. The lowest BCUT2D eigenvalue weighted by atomic mass is 10.2. The smallest absolute Gasteiger partial charge is 0.335 e. The Morgan fingerprint density at radius 1 is 1.44 bits per heavy atom. The number of carbonyl (C=O) groups excluding carboxylic acids is 1. The van der Waals surface area contributed by atoms with Crippen molar-refractivity contribution < 1.29 is 13.9 Å². The van der Waals surface area contributed by atoms with Crippen molar-refractivity contribution in [1.82, 2.24) is 0 Å². The summed E-state index contributed by atoms with van der Waals surface area (Å²) in [7, 11) is 0. The molecule has 1 aliphatic heterocycles. The number of allylic oxidation sites excluding steroid dienone is 1. The van der Waals surface area contributed by atoms with Crippen molar-refractivity contribution in [2.24, 2.45) is 0 Å². The summed E-state index contributed by atoms with van der Waals surface area (Å²) in [6, 6.07) is 6.58. The summed E-state index contributed by atoms with van der Waals surface area (Å²) in [5.74, 6) is -0.573. The van der Waals surface area contributed by atoms with Crippen molar-refractivity contribution in [1.29, 1.82) is 0 Å². The van der Waals surface area contributed by atoms with Crippen LogP contribution in [0.15, 0.2) is 35.5 Å². The number of nitrogens with zero attached hydrogens (tertiary/aromatic N) is 1. The summed E-state index contributed by atoms with van der Waals surface area (Å²) >= 11 is 0. The molecule has 0 saturated carbocycles. The number of hydrogen-bond donors (Lipinski definition) is 0. The molecule has 0 saturated heterocycles. The minimum Gasteiger partial charge on any atom is -0.463 e. The monoisotopic (exact) mass is 249 g/mol. The van der Waals surface area contributed by atoms with E-state index in [2.05, 4.69) is 0 Å². The van der Waals surface area contributed by atoms with Crippen LogP contribution in [-0.2, 0) is 9.53 Å². The topological polar surface area (TPSA) is 29.5 Å². The Morgan fingerprint density at radius 2 is 2.17 bits per heavy atom. The van der Waals surface area contributed by atoms with Crippen LogP contribution in [0.25, 0.3) is 0 Å². The van der Waals surface area contributed by atoms with Crippen molar-refractivity contribution in [3.8, 4) is 0 Å². The maximum Gasteiger partial charge on any atom is 0.335 e. The SMILES string of the molecule is CCOC(=O)C1=C(C)N(c2ccccc2F)CC1. The molecule has 18 heavy (non-hydrogen) atoms. The molecule has 1 aromatic carbocycles. The lowest BCUT2D eigenvalue weighted by Gasteiger charge is -2.20. The Bertz CT molecular complexity index is 496. The highest BCUT2D eigenvalue weighted by Gasteiger charge is 2.27. The van der Waals surface area contributed by atoms with Crippen LogP contribution in [0.4, 0.5) is 10.1 Å². The first kappa shape index (κ1) is 12.6. The fraction of sp³-hybridized carbons (Fsp3) is 0.357. The lowest BCUT2D eigenvalue weighted by Crippen LogP contribution is -2.18. The highest BCUT2D eigenvalue weighted by atomic mass is 19.1. The van der Waals surface area contributed by atoms with Crippen LogP contribution in [0.1, 0.15) is 20.3 Å². The van der Waals surface area contributed by atoms with Gasteiger partial charge in [0.1, 0.15) is 5.82 Å². The molecule has 0 unspecified atom stereocenters. The van der Waals surface area contributed by atoms with Crippen molar-refractivity contribution >= 4 is 11.7 Å². The number of ether oxygens (including phenoxy) is 1. The average Bonchev–Trinajstić information content (AvgIpc) is 2.72. The summed E-state index contributed by atoms with van der Waals surface area (Å²) in [4.78, 5) is 13.5. The molecule has 1 heterocycles. The van der Waals surface area contributed by atoms with E-state index in [1.165, 1.54) is 6.07 Å². The molecule has 1 aliphatic rings. The van der Waals surface area contributed by atoms with Crippen LogP contribution >= 0.6 is 0 Å². The number of halogens is 1. The molecule has 0 fully saturated rings. The second-order valence-corrected chi connectivity index (χ2v) is 4.14. The molecule has 96 valence electrons. The zero-order valence-electron chi connectivity index (χ0n) is 10.6. The van der Waals surface area contributed by atoms with Gasteiger partial charge in [0.15, 0.2) is 0 Å². The molecular formula is C14H16FNO2. The molecule has 0 aliphatic carbocycles. The van der Waals surface area contributed by atoms with Crippen LogP contribution in [0.5, 0.6) is 0 Å². The molecule has 0 N–H and O–H groups in total. The molecular weight excluding hydrogens is 233 g/mol. The van der Waals surface area contributed by atoms with Gasteiger partial charge in [-0.2, -0.15) is 0 Å². The van der Waals surface area contributed by atoms with Gasteiger partial charge in [0.25, 0.3) is 0 Å². The van der Waals surface area contributed by atoms with Gasteiger partial charge >= 0.3 is 5.97 Å². The molecule has 0 atom stereocenters. The van der Waals surface area contributed by atoms with E-state index in [9.17, 15) is 9.18 Å². The molecule has 0 bridgehead atoms. The number of hydrogen-bond acceptors (Lipinski definition) is 3. The maximum atomic E-state index is 13.7. The molecule has 0 amide bonds. The van der Waals surface area contributed by atoms with Gasteiger partial charge in [0, 0.05) is 12.2 Å². The molecule has 0 spiro atoms. The molecule has 1 aromatic rings. The van der Waals surface area contributed by atoms with Gasteiger partial charge in [0.05, 0.1) is 17.9 Å². The summed E-state index contributed by atoms with van der Waals surface area (Å²) in [5.41, 5.74) is 1.92. The Labute approximate surface area is 106 Å². The van der Waals surface area contributed by atoms with Crippen molar-refractivity contribution in [2.75, 3.05) is 18.1 Å². The Balaban J connectivity index is 2.28. The van der Waals surface area contributed by atoms with Crippen LogP contribution in [-0.4, -0.2) is 19.1 Å². The van der Waals surface area contributed by atoms with Gasteiger partial charge in [-0.05, 0) is 32.4 Å². The van der Waals surface area contributed by atoms with Gasteiger partial charge in [-0.25, -0.2) is 9.18 Å². The van der Waals surface area contributed by atoms with Crippen molar-refractivity contribution in [2.45, 2.75) is 20.3 Å². The highest BCUT2D eigenvalue weighted by Crippen LogP contribution is 2.30. The largest absolute Gasteiger partial charge is 0.463 e. The maximum absolute atomic E-state index is 13.7. The van der Waals surface area contributed by atoms with Crippen LogP contribution in [0.3, 0.4) is 0 Å². The van der Waals surface area contributed by atoms with E-state index in [-0.39, 0.29) is 11.8 Å². The first-order valence-electron chi connectivity index (χ1n) is 6.04. The fourth-order valence-corrected chi connectivity index (χ4v) is 2.17. The van der Waals surface area contributed by atoms with E-state index in [4.69, 9.17) is 4.74 Å². The summed E-state index contributed by atoms with van der Waals surface area (Å²) in [6.07, 6.45) is 0.596. The zero-order valence-corrected chi connectivity index (χ0v) is 10.6. The predicted molar refractivity (Wildman–Crippen MR) is 67.7 cm³/mol. The lowest BCUT2D eigenvalue weighted by molar-refractivity contribution is -0.138. The van der Waals surface area contributed by atoms with Crippen molar-refractivity contribution in [3.05, 3.63) is 41.4 Å². The van der Waals surface area contributed by atoms with Gasteiger partial charge in [-0.3, -0.25) is 0 Å². The minimum atomic E-state index is -0.297. The van der Waals surface area contributed by atoms with Gasteiger partial charge in [-0.15, -0.1) is 0 Å². The van der Waals surface area contributed by atoms with Gasteiger partial charge in [-0.1, -0.05) is 12.1 Å². The zero-order chi connectivity index (χ0) is 13.1. The number of esters is 1. The van der Waals surface area contributed by atoms with Gasteiger partial charge in [0.2, 0.25) is 0 Å². The standard InChI is InChI=1S/C14H16FNO2/c1-3-18-14(17)11-8-9-16(10(11)2)13-7-5-4-6-12(13)15/h4-7H,3,8-9H2,1-2H3. The van der Waals surface area contributed by atoms with E-state index in [0.717, 1.165) is 5.70 Å². The number of anilines is 1. The molecule has 0 aromatic heterocycles. The third-order valence-corrected chi connectivity index (χ3v) is 3.09. The summed E-state index contributed by atoms with van der Waals surface area (Å²) in [5, 5.41) is 0. The molecule has 3 nitrogen and oxygen atoms in total. The number of rotatable bonds is 3. The number of benzene rings is 1. The van der Waals surface area contributed by atoms with E-state index >= 15 is 0 Å². The highest BCUT2D eigenvalue weighted by molar-refractivity contribution is 5.91. The Morgan fingerprint density at radius 3 is 2.83 bits per heavy atom. The second kappa shape index (κ2) is 5.21. The fourth-order valence-electron chi connectivity index (χ4n) is 2.17. The number of para-hydroxylation sites is 1. The van der Waals surface area contributed by atoms with E-state index in [1.54, 1.807) is 25.1 Å².